The van der Waals surface area contributed by atoms with Crippen LogP contribution in [0.15, 0.2) is 255 Å². The third-order valence-corrected chi connectivity index (χ3v) is 12.2. The third kappa shape index (κ3) is 8.53. The highest BCUT2D eigenvalue weighted by Gasteiger charge is 2.20. The fourth-order valence-electron chi connectivity index (χ4n) is 8.67. The second-order valence-corrected chi connectivity index (χ2v) is 16.5. The average Bonchev–Trinajstić information content (AvgIpc) is 3.69. The maximum atomic E-state index is 3.49. The lowest BCUT2D eigenvalue weighted by molar-refractivity contribution is 0.558. The van der Waals surface area contributed by atoms with E-state index in [0.717, 1.165) is 23.4 Å². The number of allylic oxidation sites excluding steroid dienone is 9. The van der Waals surface area contributed by atoms with E-state index in [1.165, 1.54) is 71.9 Å². The van der Waals surface area contributed by atoms with Crippen LogP contribution in [-0.2, 0) is 0 Å². The molecule has 1 atom stereocenters. The van der Waals surface area contributed by atoms with E-state index < -0.39 is 0 Å². The van der Waals surface area contributed by atoms with Gasteiger partial charge in [0.1, 0.15) is 0 Å². The van der Waals surface area contributed by atoms with Crippen LogP contribution in [0.5, 0.6) is 0 Å². The molecule has 0 saturated heterocycles. The molecule has 1 N–H and O–H groups in total. The lowest BCUT2D eigenvalue weighted by Gasteiger charge is -2.25. The van der Waals surface area contributed by atoms with Gasteiger partial charge in [0.05, 0.1) is 11.0 Å². The van der Waals surface area contributed by atoms with Gasteiger partial charge in [-0.1, -0.05) is 201 Å². The van der Waals surface area contributed by atoms with Gasteiger partial charge >= 0.3 is 0 Å². The minimum atomic E-state index is -0.0537. The van der Waals surface area contributed by atoms with Crippen LogP contribution in [0.25, 0.3) is 72.0 Å². The second kappa shape index (κ2) is 17.6. The molecule has 0 aliphatic heterocycles. The Morgan fingerprint density at radius 1 is 0.524 bits per heavy atom. The lowest BCUT2D eigenvalue weighted by Crippen LogP contribution is -2.11. The highest BCUT2D eigenvalue weighted by atomic mass is 15.0. The van der Waals surface area contributed by atoms with Crippen LogP contribution in [0.3, 0.4) is 0 Å². The lowest BCUT2D eigenvalue weighted by atomic mass is 9.80. The Morgan fingerprint density at radius 2 is 1.10 bits per heavy atom. The molecule has 0 amide bonds. The number of aromatic nitrogens is 1. The SMILES string of the molecule is CC1(\C=C/C(=C\C=C\Nc2ccc(-c3cccc(-c4ccc5c(c4)c4ccccc4n5-c4ccc(-c5ccccc5)cc4)c3)cc2)c2ccccc2)C=CC(c2ccccc2)=CC1. The summed E-state index contributed by atoms with van der Waals surface area (Å²) in [4.78, 5) is 0. The topological polar surface area (TPSA) is 17.0 Å². The first kappa shape index (κ1) is 39.2. The molecule has 1 heterocycles. The first-order valence-electron chi connectivity index (χ1n) is 21.8. The number of benzene rings is 8. The van der Waals surface area contributed by atoms with Gasteiger partial charge in [-0.05, 0) is 117 Å². The molecule has 0 bridgehead atoms. The van der Waals surface area contributed by atoms with Crippen molar-refractivity contribution in [1.82, 2.24) is 4.57 Å². The van der Waals surface area contributed by atoms with E-state index >= 15 is 0 Å². The molecule has 9 aromatic rings. The number of fused-ring (bicyclic) bond motifs is 3. The summed E-state index contributed by atoms with van der Waals surface area (Å²) in [6, 6.07) is 73.8. The normalized spacial score (nSPS) is 15.4. The number of hydrogen-bond donors (Lipinski definition) is 1. The number of anilines is 1. The van der Waals surface area contributed by atoms with E-state index in [-0.39, 0.29) is 5.41 Å². The molecule has 302 valence electrons. The molecule has 1 unspecified atom stereocenters. The van der Waals surface area contributed by atoms with Gasteiger partial charge in [-0.15, -0.1) is 0 Å². The van der Waals surface area contributed by atoms with Crippen LogP contribution in [0.4, 0.5) is 5.69 Å². The van der Waals surface area contributed by atoms with Crippen molar-refractivity contribution in [3.8, 4) is 39.1 Å². The minimum absolute atomic E-state index is 0.0537. The predicted molar refractivity (Wildman–Crippen MR) is 270 cm³/mol. The molecular formula is C61H48N2. The molecule has 2 heteroatoms. The van der Waals surface area contributed by atoms with Gasteiger partial charge in [-0.2, -0.15) is 0 Å². The molecular weight excluding hydrogens is 761 g/mol. The van der Waals surface area contributed by atoms with E-state index in [0.29, 0.717) is 0 Å². The van der Waals surface area contributed by atoms with Gasteiger partial charge in [0.2, 0.25) is 0 Å². The smallest absolute Gasteiger partial charge is 0.0541 e. The second-order valence-electron chi connectivity index (χ2n) is 16.5. The van der Waals surface area contributed by atoms with E-state index in [2.05, 4.69) is 266 Å². The fraction of sp³-hybridized carbons (Fsp3) is 0.0492. The van der Waals surface area contributed by atoms with Crippen molar-refractivity contribution < 1.29 is 0 Å². The summed E-state index contributed by atoms with van der Waals surface area (Å²) in [7, 11) is 0. The summed E-state index contributed by atoms with van der Waals surface area (Å²) in [5.74, 6) is 0. The molecule has 0 radical (unpaired) electrons. The third-order valence-electron chi connectivity index (χ3n) is 12.2. The Kier molecular flexibility index (Phi) is 10.9. The van der Waals surface area contributed by atoms with Crippen LogP contribution in [0.1, 0.15) is 24.5 Å². The van der Waals surface area contributed by atoms with Crippen LogP contribution >= 0.6 is 0 Å². The van der Waals surface area contributed by atoms with Crippen molar-refractivity contribution in [2.75, 3.05) is 5.32 Å². The van der Waals surface area contributed by atoms with Gasteiger partial charge in [0.25, 0.3) is 0 Å². The van der Waals surface area contributed by atoms with Crippen molar-refractivity contribution in [2.24, 2.45) is 5.41 Å². The first-order valence-corrected chi connectivity index (χ1v) is 21.8. The average molecular weight is 809 g/mol. The summed E-state index contributed by atoms with van der Waals surface area (Å²) in [6.45, 7) is 2.30. The van der Waals surface area contributed by atoms with Crippen molar-refractivity contribution in [3.63, 3.8) is 0 Å². The van der Waals surface area contributed by atoms with Crippen molar-refractivity contribution >= 4 is 38.6 Å². The highest BCUT2D eigenvalue weighted by molar-refractivity contribution is 6.10. The number of para-hydroxylation sites is 1. The van der Waals surface area contributed by atoms with Crippen molar-refractivity contribution in [3.05, 3.63) is 266 Å². The number of rotatable bonds is 11. The van der Waals surface area contributed by atoms with E-state index in [9.17, 15) is 0 Å². The van der Waals surface area contributed by atoms with E-state index in [1.54, 1.807) is 0 Å². The summed E-state index contributed by atoms with van der Waals surface area (Å²) in [5, 5.41) is 5.98. The maximum absolute atomic E-state index is 3.49. The zero-order chi connectivity index (χ0) is 42.4. The van der Waals surface area contributed by atoms with E-state index in [4.69, 9.17) is 0 Å². The Hall–Kier alpha value is -7.94. The minimum Gasteiger partial charge on any atom is -0.362 e. The zero-order valence-electron chi connectivity index (χ0n) is 35.4. The summed E-state index contributed by atoms with van der Waals surface area (Å²) in [5.41, 5.74) is 16.6. The quantitative estimate of drug-likeness (QED) is 0.129. The Morgan fingerprint density at radius 3 is 1.83 bits per heavy atom. The molecule has 1 aliphatic carbocycles. The van der Waals surface area contributed by atoms with Crippen LogP contribution in [0.2, 0.25) is 0 Å². The molecule has 8 aromatic carbocycles. The van der Waals surface area contributed by atoms with E-state index in [1.807, 2.05) is 6.20 Å². The van der Waals surface area contributed by atoms with Crippen LogP contribution < -0.4 is 5.32 Å². The van der Waals surface area contributed by atoms with Gasteiger partial charge in [0.15, 0.2) is 0 Å². The molecule has 1 aliphatic rings. The van der Waals surface area contributed by atoms with Crippen molar-refractivity contribution in [1.29, 1.82) is 0 Å². The standard InChI is InChI=1S/C61H48N2/c1-61(40-37-51(38-41-61)47-19-9-4-10-20-47)39-36-48(45-15-5-2-6-16-45)23-14-42-62-55-31-26-50(27-32-55)52-21-13-22-53(43-52)54-30-35-60-58(44-54)57-24-11-12-25-59(57)63(60)56-33-28-49(29-34-56)46-17-7-3-8-18-46/h2-40,42-44,62H,41H2,1H3/b39-36-,42-14+,48-23+. The largest absolute Gasteiger partial charge is 0.362 e. The number of hydrogen-bond acceptors (Lipinski definition) is 1. The van der Waals surface area contributed by atoms with Gasteiger partial charge in [0, 0.05) is 33.8 Å². The van der Waals surface area contributed by atoms with Crippen LogP contribution in [0, 0.1) is 5.41 Å². The fourth-order valence-corrected chi connectivity index (χ4v) is 8.67. The van der Waals surface area contributed by atoms with Gasteiger partial charge < -0.3 is 9.88 Å². The Labute approximate surface area is 370 Å². The summed E-state index contributed by atoms with van der Waals surface area (Å²) < 4.78 is 2.38. The van der Waals surface area contributed by atoms with Gasteiger partial charge in [-0.3, -0.25) is 0 Å². The summed E-state index contributed by atoms with van der Waals surface area (Å²) in [6.07, 6.45) is 18.8. The summed E-state index contributed by atoms with van der Waals surface area (Å²) >= 11 is 0. The maximum Gasteiger partial charge on any atom is 0.0541 e. The van der Waals surface area contributed by atoms with Crippen molar-refractivity contribution in [2.45, 2.75) is 13.3 Å². The van der Waals surface area contributed by atoms with Gasteiger partial charge in [-0.25, -0.2) is 0 Å². The molecule has 10 rings (SSSR count). The molecule has 1 aromatic heterocycles. The monoisotopic (exact) mass is 808 g/mol. The molecule has 63 heavy (non-hydrogen) atoms. The molecule has 0 saturated carbocycles. The zero-order valence-corrected chi connectivity index (χ0v) is 35.4. The first-order chi connectivity index (χ1) is 31.1. The highest BCUT2D eigenvalue weighted by Crippen LogP contribution is 2.37. The number of nitrogens with one attached hydrogen (secondary N) is 1. The van der Waals surface area contributed by atoms with Crippen LogP contribution in [-0.4, -0.2) is 4.57 Å². The molecule has 0 fully saturated rings. The molecule has 0 spiro atoms. The Bertz CT molecular complexity index is 3180. The number of nitrogens with zero attached hydrogens (tertiary/aromatic N) is 1. The predicted octanol–water partition coefficient (Wildman–Crippen LogP) is 16.4. The Balaban J connectivity index is 0.847. The molecule has 2 nitrogen and oxygen atoms in total.